The van der Waals surface area contributed by atoms with Gasteiger partial charge in [-0.3, -0.25) is 4.99 Å². The number of rotatable bonds is 1. The summed E-state index contributed by atoms with van der Waals surface area (Å²) in [6.45, 7) is 3.13. The molecule has 1 aromatic rings. The number of hydrogen-bond acceptors (Lipinski definition) is 1. The minimum absolute atomic E-state index is 1.02. The molecule has 0 amide bonds. The molecule has 0 radical (unpaired) electrons. The quantitative estimate of drug-likeness (QED) is 0.619. The Bertz CT molecular complexity index is 308. The minimum Gasteiger partial charge on any atom is -0.289 e. The summed E-state index contributed by atoms with van der Waals surface area (Å²) < 4.78 is 0. The second kappa shape index (κ2) is 3.73. The predicted octanol–water partition coefficient (Wildman–Crippen LogP) is 2.97. The first-order valence-corrected chi connectivity index (χ1v) is 4.96. The molecule has 1 aliphatic rings. The third-order valence-corrected chi connectivity index (χ3v) is 2.51. The number of hydrogen-bond donors (Lipinski definition) is 0. The van der Waals surface area contributed by atoms with Gasteiger partial charge < -0.3 is 0 Å². The molecule has 0 unspecified atom stereocenters. The molecule has 1 aliphatic heterocycles. The Morgan fingerprint density at radius 3 is 2.46 bits per heavy atom. The van der Waals surface area contributed by atoms with Gasteiger partial charge in [-0.1, -0.05) is 29.8 Å². The van der Waals surface area contributed by atoms with Gasteiger partial charge in [0.1, 0.15) is 0 Å². The highest BCUT2D eigenvalue weighted by Gasteiger charge is 2.06. The maximum Gasteiger partial charge on any atom is 0.0420 e. The zero-order valence-electron chi connectivity index (χ0n) is 8.09. The molecular weight excluding hydrogens is 158 g/mol. The average Bonchev–Trinajstić information content (AvgIpc) is 2.20. The van der Waals surface area contributed by atoms with Crippen LogP contribution in [0.15, 0.2) is 29.3 Å². The summed E-state index contributed by atoms with van der Waals surface area (Å²) in [5, 5.41) is 0. The molecule has 0 bridgehead atoms. The van der Waals surface area contributed by atoms with Crippen molar-refractivity contribution < 1.29 is 0 Å². The Kier molecular flexibility index (Phi) is 2.44. The molecule has 0 N–H and O–H groups in total. The van der Waals surface area contributed by atoms with Crippen LogP contribution < -0.4 is 0 Å². The van der Waals surface area contributed by atoms with Gasteiger partial charge in [0, 0.05) is 12.3 Å². The molecule has 1 nitrogen and oxygen atoms in total. The van der Waals surface area contributed by atoms with Gasteiger partial charge in [-0.05, 0) is 31.7 Å². The fraction of sp³-hybridized carbons (Fsp3) is 0.417. The first-order valence-electron chi connectivity index (χ1n) is 4.96. The summed E-state index contributed by atoms with van der Waals surface area (Å²) in [7, 11) is 0. The highest BCUT2D eigenvalue weighted by atomic mass is 14.7. The lowest BCUT2D eigenvalue weighted by molar-refractivity contribution is 0.738. The lowest BCUT2D eigenvalue weighted by atomic mass is 10.0. The Morgan fingerprint density at radius 1 is 1.08 bits per heavy atom. The Labute approximate surface area is 79.5 Å². The van der Waals surface area contributed by atoms with Crippen LogP contribution in [0.2, 0.25) is 0 Å². The van der Waals surface area contributed by atoms with Crippen molar-refractivity contribution in [2.45, 2.75) is 26.2 Å². The zero-order chi connectivity index (χ0) is 9.10. The molecule has 2 rings (SSSR count). The fourth-order valence-corrected chi connectivity index (χ4v) is 1.68. The first kappa shape index (κ1) is 8.49. The Hall–Kier alpha value is -1.11. The van der Waals surface area contributed by atoms with Crippen LogP contribution in [0.4, 0.5) is 0 Å². The van der Waals surface area contributed by atoms with E-state index in [9.17, 15) is 0 Å². The molecule has 0 fully saturated rings. The van der Waals surface area contributed by atoms with Crippen LogP contribution in [0.3, 0.4) is 0 Å². The number of benzene rings is 1. The highest BCUT2D eigenvalue weighted by molar-refractivity contribution is 6.00. The second-order valence-electron chi connectivity index (χ2n) is 3.65. The van der Waals surface area contributed by atoms with Gasteiger partial charge in [0.05, 0.1) is 0 Å². The number of aryl methyl sites for hydroxylation is 1. The van der Waals surface area contributed by atoms with Gasteiger partial charge in [0.15, 0.2) is 0 Å². The summed E-state index contributed by atoms with van der Waals surface area (Å²) in [6, 6.07) is 8.68. The second-order valence-corrected chi connectivity index (χ2v) is 3.65. The molecule has 0 saturated heterocycles. The van der Waals surface area contributed by atoms with E-state index in [0.29, 0.717) is 0 Å². The first-order chi connectivity index (χ1) is 6.36. The van der Waals surface area contributed by atoms with Crippen molar-refractivity contribution >= 4 is 5.71 Å². The minimum atomic E-state index is 1.02. The normalized spacial score (nSPS) is 16.8. The van der Waals surface area contributed by atoms with Gasteiger partial charge in [-0.2, -0.15) is 0 Å². The smallest absolute Gasteiger partial charge is 0.0420 e. The Morgan fingerprint density at radius 2 is 1.85 bits per heavy atom. The van der Waals surface area contributed by atoms with E-state index in [-0.39, 0.29) is 0 Å². The highest BCUT2D eigenvalue weighted by Crippen LogP contribution is 2.13. The third-order valence-electron chi connectivity index (χ3n) is 2.51. The van der Waals surface area contributed by atoms with Crippen molar-refractivity contribution in [3.05, 3.63) is 35.4 Å². The van der Waals surface area contributed by atoms with Crippen LogP contribution in [0, 0.1) is 6.92 Å². The summed E-state index contributed by atoms with van der Waals surface area (Å²) in [6.07, 6.45) is 3.71. The molecule has 1 heteroatoms. The topological polar surface area (TPSA) is 12.4 Å². The average molecular weight is 173 g/mol. The fourth-order valence-electron chi connectivity index (χ4n) is 1.68. The molecule has 1 heterocycles. The third kappa shape index (κ3) is 1.97. The molecule has 0 saturated carbocycles. The molecule has 0 aromatic heterocycles. The molecule has 0 atom stereocenters. The van der Waals surface area contributed by atoms with E-state index in [1.807, 2.05) is 0 Å². The molecule has 1 aromatic carbocycles. The van der Waals surface area contributed by atoms with Crippen LogP contribution in [0.1, 0.15) is 30.4 Å². The molecule has 68 valence electrons. The Balaban J connectivity index is 2.24. The SMILES string of the molecule is Cc1ccc(C2=NCCCC2)cc1. The van der Waals surface area contributed by atoms with Crippen molar-refractivity contribution in [2.24, 2.45) is 4.99 Å². The largest absolute Gasteiger partial charge is 0.289 e. The van der Waals surface area contributed by atoms with Crippen LogP contribution >= 0.6 is 0 Å². The summed E-state index contributed by atoms with van der Waals surface area (Å²) in [5.74, 6) is 0. The monoisotopic (exact) mass is 173 g/mol. The lowest BCUT2D eigenvalue weighted by Gasteiger charge is -2.11. The maximum atomic E-state index is 4.55. The van der Waals surface area contributed by atoms with Crippen molar-refractivity contribution in [2.75, 3.05) is 6.54 Å². The van der Waals surface area contributed by atoms with Crippen LogP contribution in [0.25, 0.3) is 0 Å². The maximum absolute atomic E-state index is 4.55. The van der Waals surface area contributed by atoms with E-state index in [1.165, 1.54) is 29.7 Å². The van der Waals surface area contributed by atoms with E-state index in [0.717, 1.165) is 13.0 Å². The standard InChI is InChI=1S/C12H15N/c1-10-5-7-11(8-6-10)12-4-2-3-9-13-12/h5-8H,2-4,9H2,1H3. The molecule has 0 spiro atoms. The van der Waals surface area contributed by atoms with Crippen LogP contribution in [-0.4, -0.2) is 12.3 Å². The summed E-state index contributed by atoms with van der Waals surface area (Å²) in [5.41, 5.74) is 3.93. The van der Waals surface area contributed by atoms with Gasteiger partial charge in [0.2, 0.25) is 0 Å². The summed E-state index contributed by atoms with van der Waals surface area (Å²) >= 11 is 0. The lowest BCUT2D eigenvalue weighted by Crippen LogP contribution is -2.07. The van der Waals surface area contributed by atoms with Gasteiger partial charge in [-0.15, -0.1) is 0 Å². The van der Waals surface area contributed by atoms with E-state index < -0.39 is 0 Å². The van der Waals surface area contributed by atoms with E-state index in [2.05, 4.69) is 36.2 Å². The van der Waals surface area contributed by atoms with Crippen molar-refractivity contribution in [3.8, 4) is 0 Å². The van der Waals surface area contributed by atoms with E-state index >= 15 is 0 Å². The molecular formula is C12H15N. The van der Waals surface area contributed by atoms with Crippen LogP contribution in [0.5, 0.6) is 0 Å². The molecule has 0 aliphatic carbocycles. The van der Waals surface area contributed by atoms with Gasteiger partial charge in [-0.25, -0.2) is 0 Å². The van der Waals surface area contributed by atoms with Crippen molar-refractivity contribution in [1.82, 2.24) is 0 Å². The van der Waals surface area contributed by atoms with Crippen LogP contribution in [-0.2, 0) is 0 Å². The van der Waals surface area contributed by atoms with Gasteiger partial charge in [0.25, 0.3) is 0 Å². The number of nitrogens with zero attached hydrogens (tertiary/aromatic N) is 1. The van der Waals surface area contributed by atoms with Crippen molar-refractivity contribution in [1.29, 1.82) is 0 Å². The number of aliphatic imine (C=N–C) groups is 1. The predicted molar refractivity (Wildman–Crippen MR) is 56.4 cm³/mol. The summed E-state index contributed by atoms with van der Waals surface area (Å²) in [4.78, 5) is 4.55. The van der Waals surface area contributed by atoms with E-state index in [4.69, 9.17) is 0 Å². The van der Waals surface area contributed by atoms with Gasteiger partial charge >= 0.3 is 0 Å². The zero-order valence-corrected chi connectivity index (χ0v) is 8.09. The van der Waals surface area contributed by atoms with Crippen molar-refractivity contribution in [3.63, 3.8) is 0 Å². The molecule has 13 heavy (non-hydrogen) atoms. The van der Waals surface area contributed by atoms with E-state index in [1.54, 1.807) is 0 Å².